The molecule has 0 aliphatic rings. The van der Waals surface area contributed by atoms with Gasteiger partial charge < -0.3 is 14.8 Å². The second kappa shape index (κ2) is 8.45. The molecule has 4 rings (SSSR count). The highest BCUT2D eigenvalue weighted by atomic mass is 32.2. The number of carbonyl (C=O) groups is 1. The summed E-state index contributed by atoms with van der Waals surface area (Å²) in [6.45, 7) is 0. The average Bonchev–Trinajstić information content (AvgIpc) is 3.38. The molecule has 0 bridgehead atoms. The summed E-state index contributed by atoms with van der Waals surface area (Å²) < 4.78 is 12.2. The van der Waals surface area contributed by atoms with Crippen molar-refractivity contribution >= 4 is 39.9 Å². The normalized spacial score (nSPS) is 10.8. The van der Waals surface area contributed by atoms with Crippen LogP contribution in [0.25, 0.3) is 17.0 Å². The number of nitrogens with one attached hydrogen (secondary N) is 1. The third-order valence-electron chi connectivity index (χ3n) is 3.86. The highest BCUT2D eigenvalue weighted by Crippen LogP contribution is 2.35. The zero-order valence-electron chi connectivity index (χ0n) is 15.5. The van der Waals surface area contributed by atoms with Gasteiger partial charge >= 0.3 is 0 Å². The van der Waals surface area contributed by atoms with Crippen LogP contribution in [0.4, 0.5) is 5.13 Å². The van der Waals surface area contributed by atoms with Gasteiger partial charge in [-0.15, -0.1) is 16.4 Å². The number of nitrogens with zero attached hydrogens (tertiary/aromatic N) is 5. The van der Waals surface area contributed by atoms with Crippen LogP contribution in [0.3, 0.4) is 0 Å². The van der Waals surface area contributed by atoms with Crippen LogP contribution in [-0.4, -0.2) is 50.4 Å². The minimum absolute atomic E-state index is 0.161. The molecule has 0 saturated carbocycles. The van der Waals surface area contributed by atoms with Crippen molar-refractivity contribution < 1.29 is 14.3 Å². The van der Waals surface area contributed by atoms with Gasteiger partial charge in [0.15, 0.2) is 5.13 Å². The summed E-state index contributed by atoms with van der Waals surface area (Å²) in [6, 6.07) is 7.25. The van der Waals surface area contributed by atoms with Gasteiger partial charge in [0.05, 0.1) is 25.7 Å². The summed E-state index contributed by atoms with van der Waals surface area (Å²) in [6.07, 6.45) is 3.39. The fraction of sp³-hybridized carbons (Fsp3) is 0.167. The van der Waals surface area contributed by atoms with Gasteiger partial charge in [-0.25, -0.2) is 14.5 Å². The number of hydrogen-bond acceptors (Lipinski definition) is 9. The molecule has 9 nitrogen and oxygen atoms in total. The SMILES string of the molecule is COc1ccc(OC)c(-c2csc(NC(=O)CSc3nc4ncccn4n3)n2)c1. The molecule has 3 aromatic heterocycles. The third-order valence-corrected chi connectivity index (χ3v) is 5.46. The Labute approximate surface area is 174 Å². The Hall–Kier alpha value is -3.18. The minimum Gasteiger partial charge on any atom is -0.497 e. The highest BCUT2D eigenvalue weighted by molar-refractivity contribution is 7.99. The number of amides is 1. The number of benzene rings is 1. The van der Waals surface area contributed by atoms with Crippen molar-refractivity contribution in [2.45, 2.75) is 5.16 Å². The van der Waals surface area contributed by atoms with Crippen molar-refractivity contribution in [1.82, 2.24) is 24.6 Å². The molecular weight excluding hydrogens is 412 g/mol. The number of thioether (sulfide) groups is 1. The van der Waals surface area contributed by atoms with E-state index >= 15 is 0 Å². The van der Waals surface area contributed by atoms with Gasteiger partial charge in [-0.3, -0.25) is 4.79 Å². The Morgan fingerprint density at radius 1 is 1.28 bits per heavy atom. The lowest BCUT2D eigenvalue weighted by atomic mass is 10.1. The number of fused-ring (bicyclic) bond motifs is 1. The molecule has 11 heteroatoms. The van der Waals surface area contributed by atoms with Crippen LogP contribution < -0.4 is 14.8 Å². The number of methoxy groups -OCH3 is 2. The van der Waals surface area contributed by atoms with Gasteiger partial charge in [-0.1, -0.05) is 11.8 Å². The summed E-state index contributed by atoms with van der Waals surface area (Å²) in [7, 11) is 3.20. The van der Waals surface area contributed by atoms with Gasteiger partial charge in [0.25, 0.3) is 5.78 Å². The second-order valence-electron chi connectivity index (χ2n) is 5.70. The van der Waals surface area contributed by atoms with E-state index in [9.17, 15) is 4.79 Å². The first-order valence-corrected chi connectivity index (χ1v) is 10.3. The van der Waals surface area contributed by atoms with Crippen LogP contribution >= 0.6 is 23.1 Å². The third kappa shape index (κ3) is 4.30. The summed E-state index contributed by atoms with van der Waals surface area (Å²) >= 11 is 2.57. The van der Waals surface area contributed by atoms with Crippen LogP contribution in [0.2, 0.25) is 0 Å². The van der Waals surface area contributed by atoms with E-state index in [0.29, 0.717) is 33.3 Å². The Morgan fingerprint density at radius 2 is 2.17 bits per heavy atom. The van der Waals surface area contributed by atoms with Gasteiger partial charge in [0, 0.05) is 23.3 Å². The largest absolute Gasteiger partial charge is 0.497 e. The first-order chi connectivity index (χ1) is 14.2. The number of ether oxygens (including phenoxy) is 2. The van der Waals surface area contributed by atoms with Crippen molar-refractivity contribution in [1.29, 1.82) is 0 Å². The van der Waals surface area contributed by atoms with Crippen molar-refractivity contribution in [2.24, 2.45) is 0 Å². The van der Waals surface area contributed by atoms with E-state index in [2.05, 4.69) is 25.4 Å². The average molecular weight is 428 g/mol. The molecule has 0 atom stereocenters. The molecule has 1 amide bonds. The van der Waals surface area contributed by atoms with Crippen LogP contribution in [0.15, 0.2) is 47.2 Å². The number of aromatic nitrogens is 5. The van der Waals surface area contributed by atoms with Gasteiger partial charge in [0.1, 0.15) is 11.5 Å². The number of anilines is 1. The lowest BCUT2D eigenvalue weighted by Crippen LogP contribution is -2.13. The van der Waals surface area contributed by atoms with Gasteiger partial charge in [-0.2, -0.15) is 4.98 Å². The number of hydrogen-bond donors (Lipinski definition) is 1. The van der Waals surface area contributed by atoms with Crippen molar-refractivity contribution in [2.75, 3.05) is 25.3 Å². The standard InChI is InChI=1S/C18H16N6O3S2/c1-26-11-4-5-14(27-2)12(8-11)13-9-28-17(20-13)21-15(25)10-29-18-22-16-19-6-3-7-24(16)23-18/h3-9H,10H2,1-2H3,(H,20,21,25). The zero-order chi connectivity index (χ0) is 20.2. The van der Waals surface area contributed by atoms with Crippen LogP contribution in [0, 0.1) is 0 Å². The maximum atomic E-state index is 12.3. The zero-order valence-corrected chi connectivity index (χ0v) is 17.2. The lowest BCUT2D eigenvalue weighted by molar-refractivity contribution is -0.113. The molecule has 0 unspecified atom stereocenters. The monoisotopic (exact) mass is 428 g/mol. The molecule has 0 radical (unpaired) electrons. The molecule has 0 aliphatic carbocycles. The predicted octanol–water partition coefficient (Wildman–Crippen LogP) is 3.00. The summed E-state index contributed by atoms with van der Waals surface area (Å²) in [4.78, 5) is 25.1. The van der Waals surface area contributed by atoms with E-state index in [0.717, 1.165) is 5.56 Å². The Bertz CT molecular complexity index is 1130. The summed E-state index contributed by atoms with van der Waals surface area (Å²) in [5.41, 5.74) is 1.49. The van der Waals surface area contributed by atoms with Crippen LogP contribution in [0.1, 0.15) is 0 Å². The van der Waals surface area contributed by atoms with Gasteiger partial charge in [-0.05, 0) is 24.3 Å². The fourth-order valence-electron chi connectivity index (χ4n) is 2.53. The molecule has 148 valence electrons. The molecule has 0 spiro atoms. The number of carbonyl (C=O) groups excluding carboxylic acids is 1. The molecule has 0 fully saturated rings. The molecule has 1 aromatic carbocycles. The Morgan fingerprint density at radius 3 is 2.97 bits per heavy atom. The number of thiazole rings is 1. The van der Waals surface area contributed by atoms with E-state index in [4.69, 9.17) is 9.47 Å². The van der Waals surface area contributed by atoms with E-state index in [1.54, 1.807) is 37.2 Å². The van der Waals surface area contributed by atoms with Crippen molar-refractivity contribution in [3.63, 3.8) is 0 Å². The fourth-order valence-corrected chi connectivity index (χ4v) is 3.88. The molecule has 3 heterocycles. The quantitative estimate of drug-likeness (QED) is 0.448. The first kappa shape index (κ1) is 19.2. The summed E-state index contributed by atoms with van der Waals surface area (Å²) in [5, 5.41) is 9.90. The minimum atomic E-state index is -0.194. The molecule has 0 saturated heterocycles. The first-order valence-electron chi connectivity index (χ1n) is 8.44. The van der Waals surface area contributed by atoms with Crippen LogP contribution in [-0.2, 0) is 4.79 Å². The van der Waals surface area contributed by atoms with E-state index in [-0.39, 0.29) is 11.7 Å². The lowest BCUT2D eigenvalue weighted by Gasteiger charge is -2.08. The van der Waals surface area contributed by atoms with E-state index in [1.165, 1.54) is 23.1 Å². The Kier molecular flexibility index (Phi) is 5.58. The summed E-state index contributed by atoms with van der Waals surface area (Å²) in [5.74, 6) is 1.84. The maximum absolute atomic E-state index is 12.3. The maximum Gasteiger partial charge on any atom is 0.253 e. The van der Waals surface area contributed by atoms with Crippen molar-refractivity contribution in [3.05, 3.63) is 42.0 Å². The molecule has 4 aromatic rings. The highest BCUT2D eigenvalue weighted by Gasteiger charge is 2.14. The Balaban J connectivity index is 1.41. The van der Waals surface area contributed by atoms with E-state index < -0.39 is 0 Å². The number of rotatable bonds is 7. The molecule has 29 heavy (non-hydrogen) atoms. The van der Waals surface area contributed by atoms with Crippen LogP contribution in [0.5, 0.6) is 11.5 Å². The molecule has 0 aliphatic heterocycles. The van der Waals surface area contributed by atoms with Crippen molar-refractivity contribution in [3.8, 4) is 22.8 Å². The molecule has 1 N–H and O–H groups in total. The predicted molar refractivity (Wildman–Crippen MR) is 111 cm³/mol. The van der Waals surface area contributed by atoms with Gasteiger partial charge in [0.2, 0.25) is 11.1 Å². The topological polar surface area (TPSA) is 104 Å². The second-order valence-corrected chi connectivity index (χ2v) is 7.50. The van der Waals surface area contributed by atoms with E-state index in [1.807, 2.05) is 23.6 Å². The molecular formula is C18H16N6O3S2. The smallest absolute Gasteiger partial charge is 0.253 e.